The summed E-state index contributed by atoms with van der Waals surface area (Å²) in [6.07, 6.45) is 5.51. The molecule has 0 radical (unpaired) electrons. The number of rotatable bonds is 8. The van der Waals surface area contributed by atoms with Gasteiger partial charge in [-0.3, -0.25) is 9.88 Å². The minimum Gasteiger partial charge on any atom is -0.395 e. The maximum absolute atomic E-state index is 9.23. The van der Waals surface area contributed by atoms with Crippen LogP contribution in [-0.4, -0.2) is 34.7 Å². The number of hydrogen-bond acceptors (Lipinski definition) is 3. The van der Waals surface area contributed by atoms with E-state index in [1.807, 2.05) is 12.3 Å². The molecule has 0 unspecified atom stereocenters. The smallest absolute Gasteiger partial charge is 0.0746 e. The molecule has 0 bridgehead atoms. The van der Waals surface area contributed by atoms with E-state index in [-0.39, 0.29) is 6.61 Å². The second-order valence-corrected chi connectivity index (χ2v) is 5.20. The molecular weight excluding hydrogens is 248 g/mol. The lowest BCUT2D eigenvalue weighted by atomic mass is 10.1. The molecule has 3 nitrogen and oxygen atoms in total. The number of nitrogens with zero attached hydrogens (tertiary/aromatic N) is 2. The first-order valence-corrected chi connectivity index (χ1v) is 7.51. The van der Waals surface area contributed by atoms with Gasteiger partial charge in [-0.05, 0) is 24.6 Å². The summed E-state index contributed by atoms with van der Waals surface area (Å²) in [7, 11) is 0. The molecule has 0 aliphatic rings. The molecule has 1 aromatic carbocycles. The van der Waals surface area contributed by atoms with Gasteiger partial charge in [-0.25, -0.2) is 0 Å². The van der Waals surface area contributed by atoms with Crippen LogP contribution in [0.2, 0.25) is 0 Å². The standard InChI is InChI=1S/C17H24N2O/c1-2-3-4-11-19(12-13-20)14-16-8-5-7-15-9-6-10-18-17(15)16/h5-10,20H,2-4,11-14H2,1H3. The summed E-state index contributed by atoms with van der Waals surface area (Å²) in [6.45, 7) is 5.05. The largest absolute Gasteiger partial charge is 0.395 e. The van der Waals surface area contributed by atoms with Crippen molar-refractivity contribution in [3.63, 3.8) is 0 Å². The van der Waals surface area contributed by atoms with Crippen LogP contribution in [0, 0.1) is 0 Å². The number of pyridine rings is 1. The monoisotopic (exact) mass is 272 g/mol. The molecule has 0 aliphatic heterocycles. The van der Waals surface area contributed by atoms with Crippen molar-refractivity contribution in [3.05, 3.63) is 42.1 Å². The van der Waals surface area contributed by atoms with Crippen LogP contribution < -0.4 is 0 Å². The van der Waals surface area contributed by atoms with Crippen LogP contribution in [0.1, 0.15) is 31.7 Å². The van der Waals surface area contributed by atoms with Gasteiger partial charge in [-0.2, -0.15) is 0 Å². The zero-order chi connectivity index (χ0) is 14.2. The predicted molar refractivity (Wildman–Crippen MR) is 83.6 cm³/mol. The van der Waals surface area contributed by atoms with Crippen LogP contribution in [0.15, 0.2) is 36.5 Å². The first-order chi connectivity index (χ1) is 9.85. The van der Waals surface area contributed by atoms with Gasteiger partial charge in [0.1, 0.15) is 0 Å². The van der Waals surface area contributed by atoms with E-state index in [1.165, 1.54) is 30.2 Å². The zero-order valence-electron chi connectivity index (χ0n) is 12.3. The van der Waals surface area contributed by atoms with Gasteiger partial charge in [-0.15, -0.1) is 0 Å². The average molecular weight is 272 g/mol. The lowest BCUT2D eigenvalue weighted by Gasteiger charge is -2.21. The molecule has 0 aliphatic carbocycles. The Morgan fingerprint density at radius 2 is 1.95 bits per heavy atom. The molecule has 0 amide bonds. The lowest BCUT2D eigenvalue weighted by Crippen LogP contribution is -2.27. The van der Waals surface area contributed by atoms with Gasteiger partial charge in [0.25, 0.3) is 0 Å². The molecule has 2 aromatic rings. The van der Waals surface area contributed by atoms with E-state index in [9.17, 15) is 5.11 Å². The van der Waals surface area contributed by atoms with E-state index in [0.717, 1.165) is 25.2 Å². The Labute approximate surface area is 121 Å². The number of benzene rings is 1. The molecule has 1 aromatic heterocycles. The topological polar surface area (TPSA) is 36.4 Å². The van der Waals surface area contributed by atoms with Gasteiger partial charge in [0.2, 0.25) is 0 Å². The number of aliphatic hydroxyl groups excluding tert-OH is 1. The summed E-state index contributed by atoms with van der Waals surface area (Å²) < 4.78 is 0. The quantitative estimate of drug-likeness (QED) is 0.750. The molecule has 0 saturated carbocycles. The van der Waals surface area contributed by atoms with Gasteiger partial charge in [0, 0.05) is 24.7 Å². The first-order valence-electron chi connectivity index (χ1n) is 7.51. The number of aromatic nitrogens is 1. The first kappa shape index (κ1) is 14.9. The van der Waals surface area contributed by atoms with E-state index in [4.69, 9.17) is 0 Å². The van der Waals surface area contributed by atoms with Crippen molar-refractivity contribution in [1.82, 2.24) is 9.88 Å². The SMILES string of the molecule is CCCCCN(CCO)Cc1cccc2cccnc12. The third-order valence-electron chi connectivity index (χ3n) is 3.60. The molecular formula is C17H24N2O. The van der Waals surface area contributed by atoms with E-state index in [2.05, 4.69) is 41.1 Å². The van der Waals surface area contributed by atoms with E-state index in [1.54, 1.807) is 0 Å². The highest BCUT2D eigenvalue weighted by Gasteiger charge is 2.08. The highest BCUT2D eigenvalue weighted by molar-refractivity contribution is 5.81. The second-order valence-electron chi connectivity index (χ2n) is 5.20. The third kappa shape index (κ3) is 4.02. The molecule has 20 heavy (non-hydrogen) atoms. The van der Waals surface area contributed by atoms with Gasteiger partial charge < -0.3 is 5.11 Å². The molecule has 0 atom stereocenters. The Morgan fingerprint density at radius 3 is 2.75 bits per heavy atom. The maximum atomic E-state index is 9.23. The third-order valence-corrected chi connectivity index (χ3v) is 3.60. The highest BCUT2D eigenvalue weighted by atomic mass is 16.3. The van der Waals surface area contributed by atoms with E-state index in [0.29, 0.717) is 0 Å². The van der Waals surface area contributed by atoms with Crippen LogP contribution in [0.25, 0.3) is 10.9 Å². The molecule has 1 heterocycles. The van der Waals surface area contributed by atoms with Crippen LogP contribution in [-0.2, 0) is 6.54 Å². The number of hydrogen-bond donors (Lipinski definition) is 1. The minimum absolute atomic E-state index is 0.213. The average Bonchev–Trinajstić information content (AvgIpc) is 2.48. The molecule has 3 heteroatoms. The van der Waals surface area contributed by atoms with Crippen molar-refractivity contribution in [1.29, 1.82) is 0 Å². The zero-order valence-corrected chi connectivity index (χ0v) is 12.3. The molecule has 0 saturated heterocycles. The Bertz CT molecular complexity index is 522. The van der Waals surface area contributed by atoms with Gasteiger partial charge in [0.15, 0.2) is 0 Å². The number of para-hydroxylation sites is 1. The lowest BCUT2D eigenvalue weighted by molar-refractivity contribution is 0.188. The summed E-state index contributed by atoms with van der Waals surface area (Å²) in [6, 6.07) is 10.4. The molecule has 1 N–H and O–H groups in total. The second kappa shape index (κ2) is 7.98. The molecule has 2 rings (SSSR count). The van der Waals surface area contributed by atoms with Crippen molar-refractivity contribution in [3.8, 4) is 0 Å². The van der Waals surface area contributed by atoms with Crippen LogP contribution in [0.4, 0.5) is 0 Å². The summed E-state index contributed by atoms with van der Waals surface area (Å²) in [4.78, 5) is 6.82. The fraction of sp³-hybridized carbons (Fsp3) is 0.471. The van der Waals surface area contributed by atoms with E-state index >= 15 is 0 Å². The van der Waals surface area contributed by atoms with Crippen molar-refractivity contribution in [2.45, 2.75) is 32.7 Å². The molecule has 0 spiro atoms. The number of fused-ring (bicyclic) bond motifs is 1. The van der Waals surface area contributed by atoms with Crippen LogP contribution >= 0.6 is 0 Å². The van der Waals surface area contributed by atoms with Crippen LogP contribution in [0.3, 0.4) is 0 Å². The van der Waals surface area contributed by atoms with Gasteiger partial charge >= 0.3 is 0 Å². The van der Waals surface area contributed by atoms with E-state index < -0.39 is 0 Å². The Morgan fingerprint density at radius 1 is 1.10 bits per heavy atom. The fourth-order valence-corrected chi connectivity index (χ4v) is 2.53. The van der Waals surface area contributed by atoms with Gasteiger partial charge in [0.05, 0.1) is 12.1 Å². The Kier molecular flexibility index (Phi) is 5.96. The van der Waals surface area contributed by atoms with Gasteiger partial charge in [-0.1, -0.05) is 44.0 Å². The maximum Gasteiger partial charge on any atom is 0.0746 e. The summed E-state index contributed by atoms with van der Waals surface area (Å²) in [5.74, 6) is 0. The minimum atomic E-state index is 0.213. The summed E-state index contributed by atoms with van der Waals surface area (Å²) in [5, 5.41) is 10.4. The fourth-order valence-electron chi connectivity index (χ4n) is 2.53. The van der Waals surface area contributed by atoms with Crippen LogP contribution in [0.5, 0.6) is 0 Å². The Hall–Kier alpha value is -1.45. The summed E-state index contributed by atoms with van der Waals surface area (Å²) >= 11 is 0. The Balaban J connectivity index is 2.11. The van der Waals surface area contributed by atoms with Crippen molar-refractivity contribution in [2.24, 2.45) is 0 Å². The predicted octanol–water partition coefficient (Wildman–Crippen LogP) is 3.22. The number of aliphatic hydroxyl groups is 1. The molecule has 0 fully saturated rings. The normalized spacial score (nSPS) is 11.3. The summed E-state index contributed by atoms with van der Waals surface area (Å²) in [5.41, 5.74) is 2.32. The number of unbranched alkanes of at least 4 members (excludes halogenated alkanes) is 2. The highest BCUT2D eigenvalue weighted by Crippen LogP contribution is 2.17. The van der Waals surface area contributed by atoms with Crippen molar-refractivity contribution < 1.29 is 5.11 Å². The molecule has 108 valence electrons. The van der Waals surface area contributed by atoms with Crippen molar-refractivity contribution >= 4 is 10.9 Å². The van der Waals surface area contributed by atoms with Crippen molar-refractivity contribution in [2.75, 3.05) is 19.7 Å².